The highest BCUT2D eigenvalue weighted by atomic mass is 16.5. The van der Waals surface area contributed by atoms with Gasteiger partial charge in [0, 0.05) is 5.56 Å². The van der Waals surface area contributed by atoms with Gasteiger partial charge < -0.3 is 4.74 Å². The van der Waals surface area contributed by atoms with Crippen LogP contribution in [-0.4, -0.2) is 28.9 Å². The van der Waals surface area contributed by atoms with Crippen molar-refractivity contribution < 1.29 is 9.53 Å². The summed E-state index contributed by atoms with van der Waals surface area (Å²) in [5, 5.41) is 10.9. The van der Waals surface area contributed by atoms with Crippen LogP contribution < -0.4 is 10.2 Å². The average Bonchev–Trinajstić information content (AvgIpc) is 3.20. The second-order valence-corrected chi connectivity index (χ2v) is 6.00. The van der Waals surface area contributed by atoms with E-state index in [2.05, 4.69) is 27.6 Å². The molecule has 1 aromatic heterocycles. The monoisotopic (exact) mass is 362 g/mol. The molecule has 2 aromatic carbocycles. The molecule has 0 aliphatic carbocycles. The zero-order valence-corrected chi connectivity index (χ0v) is 15.2. The van der Waals surface area contributed by atoms with Crippen molar-refractivity contribution >= 4 is 12.1 Å². The van der Waals surface area contributed by atoms with Gasteiger partial charge in [-0.3, -0.25) is 9.89 Å². The number of hydrogen-bond donors (Lipinski definition) is 2. The first kappa shape index (κ1) is 18.4. The van der Waals surface area contributed by atoms with Gasteiger partial charge in [-0.15, -0.1) is 0 Å². The first-order valence-corrected chi connectivity index (χ1v) is 8.93. The standard InChI is InChI=1S/C21H22N4O2/c1-2-3-13-27-18-11-9-17(10-12-18)19-14-20(24-23-19)21(26)25-22-15-16-7-5-4-6-8-16/h4-12,14-15H,2-3,13H2,1H3,(H,23,24)(H,25,26)/b22-15+. The third-order valence-electron chi connectivity index (χ3n) is 3.92. The summed E-state index contributed by atoms with van der Waals surface area (Å²) in [4.78, 5) is 12.2. The minimum atomic E-state index is -0.347. The summed E-state index contributed by atoms with van der Waals surface area (Å²) in [6.07, 6.45) is 3.73. The van der Waals surface area contributed by atoms with E-state index in [-0.39, 0.29) is 5.91 Å². The molecule has 0 spiro atoms. The number of carbonyl (C=O) groups excluding carboxylic acids is 1. The van der Waals surface area contributed by atoms with Crippen molar-refractivity contribution in [2.24, 2.45) is 5.10 Å². The van der Waals surface area contributed by atoms with Crippen molar-refractivity contribution in [1.29, 1.82) is 0 Å². The molecule has 3 rings (SSSR count). The number of aromatic amines is 1. The molecule has 0 unspecified atom stereocenters. The number of benzene rings is 2. The Kier molecular flexibility index (Phi) is 6.35. The Morgan fingerprint density at radius 2 is 1.96 bits per heavy atom. The maximum absolute atomic E-state index is 12.2. The number of amides is 1. The summed E-state index contributed by atoms with van der Waals surface area (Å²) in [6.45, 7) is 2.84. The fraction of sp³-hybridized carbons (Fsp3) is 0.190. The lowest BCUT2D eigenvalue weighted by molar-refractivity contribution is 0.0950. The van der Waals surface area contributed by atoms with Crippen LogP contribution >= 0.6 is 0 Å². The molecule has 1 heterocycles. The number of hydrazone groups is 1. The molecule has 0 atom stereocenters. The number of nitrogens with one attached hydrogen (secondary N) is 2. The van der Waals surface area contributed by atoms with Crippen LogP contribution in [0.3, 0.4) is 0 Å². The largest absolute Gasteiger partial charge is 0.494 e. The number of ether oxygens (including phenoxy) is 1. The van der Waals surface area contributed by atoms with Gasteiger partial charge in [-0.25, -0.2) is 5.43 Å². The maximum Gasteiger partial charge on any atom is 0.289 e. The minimum Gasteiger partial charge on any atom is -0.494 e. The molecular weight excluding hydrogens is 340 g/mol. The van der Waals surface area contributed by atoms with Crippen LogP contribution in [0.1, 0.15) is 35.8 Å². The SMILES string of the molecule is CCCCOc1ccc(-c2cc(C(=O)N/N=C/c3ccccc3)[nH]n2)cc1. The van der Waals surface area contributed by atoms with E-state index in [1.165, 1.54) is 0 Å². The zero-order chi connectivity index (χ0) is 18.9. The Bertz CT molecular complexity index is 886. The van der Waals surface area contributed by atoms with E-state index in [0.717, 1.165) is 29.7 Å². The van der Waals surface area contributed by atoms with Gasteiger partial charge in [0.15, 0.2) is 0 Å². The van der Waals surface area contributed by atoms with Gasteiger partial charge in [-0.1, -0.05) is 43.7 Å². The van der Waals surface area contributed by atoms with Gasteiger partial charge in [0.25, 0.3) is 5.91 Å². The second kappa shape index (κ2) is 9.33. The number of hydrogen-bond acceptors (Lipinski definition) is 4. The van der Waals surface area contributed by atoms with Crippen molar-refractivity contribution in [2.45, 2.75) is 19.8 Å². The molecule has 0 aliphatic rings. The van der Waals surface area contributed by atoms with Crippen LogP contribution in [-0.2, 0) is 0 Å². The third kappa shape index (κ3) is 5.28. The number of nitrogens with zero attached hydrogens (tertiary/aromatic N) is 2. The summed E-state index contributed by atoms with van der Waals surface area (Å²) in [7, 11) is 0. The van der Waals surface area contributed by atoms with Crippen LogP contribution in [0.5, 0.6) is 5.75 Å². The Morgan fingerprint density at radius 1 is 1.19 bits per heavy atom. The second-order valence-electron chi connectivity index (χ2n) is 6.00. The highest BCUT2D eigenvalue weighted by Gasteiger charge is 2.10. The molecule has 0 saturated heterocycles. The molecule has 2 N–H and O–H groups in total. The lowest BCUT2D eigenvalue weighted by Gasteiger charge is -2.05. The molecule has 3 aromatic rings. The van der Waals surface area contributed by atoms with Crippen LogP contribution in [0.2, 0.25) is 0 Å². The van der Waals surface area contributed by atoms with Crippen molar-refractivity contribution in [1.82, 2.24) is 15.6 Å². The quantitative estimate of drug-likeness (QED) is 0.361. The van der Waals surface area contributed by atoms with Crippen LogP contribution in [0, 0.1) is 0 Å². The van der Waals surface area contributed by atoms with E-state index in [4.69, 9.17) is 4.74 Å². The molecule has 27 heavy (non-hydrogen) atoms. The summed E-state index contributed by atoms with van der Waals surface area (Å²) >= 11 is 0. The Balaban J connectivity index is 1.58. The fourth-order valence-electron chi connectivity index (χ4n) is 2.41. The van der Waals surface area contributed by atoms with Gasteiger partial charge >= 0.3 is 0 Å². The smallest absolute Gasteiger partial charge is 0.289 e. The molecule has 6 nitrogen and oxygen atoms in total. The lowest BCUT2D eigenvalue weighted by atomic mass is 10.1. The topological polar surface area (TPSA) is 79.4 Å². The van der Waals surface area contributed by atoms with Gasteiger partial charge in [0.1, 0.15) is 11.4 Å². The van der Waals surface area contributed by atoms with Crippen molar-refractivity contribution in [3.05, 3.63) is 71.9 Å². The van der Waals surface area contributed by atoms with Crippen LogP contribution in [0.15, 0.2) is 65.8 Å². The summed E-state index contributed by atoms with van der Waals surface area (Å²) < 4.78 is 5.65. The molecule has 1 amide bonds. The van der Waals surface area contributed by atoms with E-state index >= 15 is 0 Å². The molecule has 6 heteroatoms. The van der Waals surface area contributed by atoms with Gasteiger partial charge in [0.05, 0.1) is 18.5 Å². The van der Waals surface area contributed by atoms with Crippen molar-refractivity contribution in [3.8, 4) is 17.0 Å². The highest BCUT2D eigenvalue weighted by Crippen LogP contribution is 2.21. The lowest BCUT2D eigenvalue weighted by Crippen LogP contribution is -2.17. The summed E-state index contributed by atoms with van der Waals surface area (Å²) in [6, 6.07) is 18.9. The van der Waals surface area contributed by atoms with Gasteiger partial charge in [-0.2, -0.15) is 10.2 Å². The van der Waals surface area contributed by atoms with Crippen molar-refractivity contribution in [3.63, 3.8) is 0 Å². The predicted octanol–water partition coefficient (Wildman–Crippen LogP) is 4.02. The van der Waals surface area contributed by atoms with E-state index in [9.17, 15) is 4.79 Å². The number of unbranched alkanes of at least 4 members (excludes halogenated alkanes) is 1. The van der Waals surface area contributed by atoms with Crippen LogP contribution in [0.4, 0.5) is 0 Å². The molecule has 138 valence electrons. The Labute approximate surface area is 158 Å². The average molecular weight is 362 g/mol. The third-order valence-corrected chi connectivity index (χ3v) is 3.92. The molecule has 0 radical (unpaired) electrons. The van der Waals surface area contributed by atoms with Gasteiger partial charge in [0.2, 0.25) is 0 Å². The minimum absolute atomic E-state index is 0.346. The Morgan fingerprint density at radius 3 is 2.70 bits per heavy atom. The van der Waals surface area contributed by atoms with E-state index < -0.39 is 0 Å². The fourth-order valence-corrected chi connectivity index (χ4v) is 2.41. The molecular formula is C21H22N4O2. The number of carbonyl (C=O) groups is 1. The molecule has 0 saturated carbocycles. The van der Waals surface area contributed by atoms with E-state index in [0.29, 0.717) is 18.0 Å². The maximum atomic E-state index is 12.2. The van der Waals surface area contributed by atoms with E-state index in [1.54, 1.807) is 12.3 Å². The number of rotatable bonds is 8. The Hall–Kier alpha value is -3.41. The van der Waals surface area contributed by atoms with Crippen molar-refractivity contribution in [2.75, 3.05) is 6.61 Å². The summed E-state index contributed by atoms with van der Waals surface area (Å²) in [5.41, 5.74) is 5.33. The van der Waals surface area contributed by atoms with Crippen LogP contribution in [0.25, 0.3) is 11.3 Å². The van der Waals surface area contributed by atoms with Gasteiger partial charge in [-0.05, 0) is 42.3 Å². The van der Waals surface area contributed by atoms with E-state index in [1.807, 2.05) is 54.6 Å². The summed E-state index contributed by atoms with van der Waals surface area (Å²) in [5.74, 6) is 0.483. The molecule has 0 aliphatic heterocycles. The first-order valence-electron chi connectivity index (χ1n) is 8.93. The predicted molar refractivity (Wildman–Crippen MR) is 106 cm³/mol. The first-order chi connectivity index (χ1) is 13.3. The number of H-pyrrole nitrogens is 1. The zero-order valence-electron chi connectivity index (χ0n) is 15.2. The molecule has 0 bridgehead atoms. The molecule has 0 fully saturated rings. The normalized spacial score (nSPS) is 10.9. The highest BCUT2D eigenvalue weighted by molar-refractivity contribution is 5.94. The number of aromatic nitrogens is 2.